The highest BCUT2D eigenvalue weighted by atomic mass is 16.3. The van der Waals surface area contributed by atoms with Crippen LogP contribution in [0.1, 0.15) is 17.4 Å². The molecule has 0 spiro atoms. The first-order chi connectivity index (χ1) is 10.2. The molecule has 2 rings (SSSR count). The van der Waals surface area contributed by atoms with E-state index in [1.165, 1.54) is 6.08 Å². The molecule has 5 heteroatoms. The monoisotopic (exact) mass is 285 g/mol. The van der Waals surface area contributed by atoms with Gasteiger partial charge in [-0.1, -0.05) is 6.07 Å². The maximum absolute atomic E-state index is 11.8. The molecule has 2 aromatic rings. The van der Waals surface area contributed by atoms with E-state index >= 15 is 0 Å². The van der Waals surface area contributed by atoms with Gasteiger partial charge >= 0.3 is 0 Å². The lowest BCUT2D eigenvalue weighted by Gasteiger charge is -2.22. The van der Waals surface area contributed by atoms with Crippen molar-refractivity contribution in [2.24, 2.45) is 0 Å². The Labute approximate surface area is 124 Å². The topological polar surface area (TPSA) is 58.4 Å². The van der Waals surface area contributed by atoms with Crippen LogP contribution in [0.3, 0.4) is 0 Å². The first-order valence-electron chi connectivity index (χ1n) is 6.72. The van der Waals surface area contributed by atoms with Crippen LogP contribution in [0.15, 0.2) is 53.4 Å². The molecule has 0 saturated carbocycles. The van der Waals surface area contributed by atoms with Crippen LogP contribution < -0.4 is 5.32 Å². The zero-order chi connectivity index (χ0) is 15.1. The second-order valence-corrected chi connectivity index (χ2v) is 4.86. The van der Waals surface area contributed by atoms with Crippen LogP contribution in [0.5, 0.6) is 0 Å². The second-order valence-electron chi connectivity index (χ2n) is 4.86. The number of likely N-dealkylation sites (N-methyl/N-ethyl adjacent to an activating group) is 1. The van der Waals surface area contributed by atoms with Crippen LogP contribution in [0, 0.1) is 0 Å². The van der Waals surface area contributed by atoms with Gasteiger partial charge in [0, 0.05) is 25.0 Å². The first kappa shape index (κ1) is 15.0. The molecule has 0 aliphatic heterocycles. The van der Waals surface area contributed by atoms with Gasteiger partial charge in [-0.3, -0.25) is 14.7 Å². The lowest BCUT2D eigenvalue weighted by atomic mass is 10.2. The molecule has 1 atom stereocenters. The number of pyridine rings is 1. The summed E-state index contributed by atoms with van der Waals surface area (Å²) in [7, 11) is 3.90. The van der Waals surface area contributed by atoms with Gasteiger partial charge in [-0.25, -0.2) is 0 Å². The Morgan fingerprint density at radius 2 is 2.29 bits per heavy atom. The molecule has 1 amide bonds. The fourth-order valence-electron chi connectivity index (χ4n) is 1.92. The van der Waals surface area contributed by atoms with Crippen molar-refractivity contribution in [3.05, 3.63) is 60.3 Å². The molecule has 1 unspecified atom stereocenters. The van der Waals surface area contributed by atoms with Crippen LogP contribution in [0.25, 0.3) is 6.08 Å². The number of hydrogen-bond acceptors (Lipinski definition) is 4. The smallest absolute Gasteiger partial charge is 0.244 e. The third-order valence-corrected chi connectivity index (χ3v) is 3.08. The Hall–Kier alpha value is -2.40. The van der Waals surface area contributed by atoms with E-state index in [9.17, 15) is 4.79 Å². The van der Waals surface area contributed by atoms with Gasteiger partial charge in [-0.15, -0.1) is 0 Å². The van der Waals surface area contributed by atoms with Crippen molar-refractivity contribution in [2.45, 2.75) is 6.04 Å². The van der Waals surface area contributed by atoms with Gasteiger partial charge in [0.15, 0.2) is 0 Å². The zero-order valence-electron chi connectivity index (χ0n) is 12.2. The third kappa shape index (κ3) is 4.57. The van der Waals surface area contributed by atoms with Gasteiger partial charge in [0.1, 0.15) is 5.76 Å². The Balaban J connectivity index is 1.89. The highest BCUT2D eigenvalue weighted by molar-refractivity contribution is 5.91. The summed E-state index contributed by atoms with van der Waals surface area (Å²) < 4.78 is 5.40. The highest BCUT2D eigenvalue weighted by Gasteiger charge is 2.17. The van der Waals surface area contributed by atoms with Gasteiger partial charge in [0.05, 0.1) is 12.3 Å². The summed E-state index contributed by atoms with van der Waals surface area (Å²) in [5, 5.41) is 2.87. The number of nitrogens with one attached hydrogen (secondary N) is 1. The third-order valence-electron chi connectivity index (χ3n) is 3.08. The van der Waals surface area contributed by atoms with Gasteiger partial charge in [-0.05, 0) is 43.9 Å². The number of rotatable bonds is 6. The van der Waals surface area contributed by atoms with E-state index in [1.54, 1.807) is 24.7 Å². The van der Waals surface area contributed by atoms with Gasteiger partial charge in [-0.2, -0.15) is 0 Å². The van der Waals surface area contributed by atoms with Crippen LogP contribution >= 0.6 is 0 Å². The lowest BCUT2D eigenvalue weighted by Crippen LogP contribution is -2.33. The molecule has 2 aromatic heterocycles. The van der Waals surface area contributed by atoms with E-state index in [4.69, 9.17) is 4.42 Å². The van der Waals surface area contributed by atoms with Crippen molar-refractivity contribution in [3.8, 4) is 0 Å². The molecular formula is C16H19N3O2. The van der Waals surface area contributed by atoms with Gasteiger partial charge < -0.3 is 9.73 Å². The minimum Gasteiger partial charge on any atom is -0.468 e. The summed E-state index contributed by atoms with van der Waals surface area (Å²) in [5.74, 6) is 0.689. The van der Waals surface area contributed by atoms with Crippen LogP contribution in [0.2, 0.25) is 0 Å². The molecule has 2 heterocycles. The van der Waals surface area contributed by atoms with E-state index in [0.29, 0.717) is 6.54 Å². The summed E-state index contributed by atoms with van der Waals surface area (Å²) in [6.45, 7) is 0.483. The molecule has 0 fully saturated rings. The van der Waals surface area contributed by atoms with Gasteiger partial charge in [0.25, 0.3) is 0 Å². The number of carbonyl (C=O) groups is 1. The standard InChI is InChI=1S/C16H19N3O2/c1-19(2)14(15-6-4-10-21-15)12-18-16(20)8-7-13-5-3-9-17-11-13/h3-11,14H,12H2,1-2H3,(H,18,20)/b8-7+. The van der Waals surface area contributed by atoms with E-state index < -0.39 is 0 Å². The van der Waals surface area contributed by atoms with Crippen molar-refractivity contribution in [1.29, 1.82) is 0 Å². The summed E-state index contributed by atoms with van der Waals surface area (Å²) in [4.78, 5) is 17.8. The van der Waals surface area contributed by atoms with E-state index in [2.05, 4.69) is 10.3 Å². The fourth-order valence-corrected chi connectivity index (χ4v) is 1.92. The van der Waals surface area contributed by atoms with Crippen molar-refractivity contribution in [3.63, 3.8) is 0 Å². The maximum atomic E-state index is 11.8. The highest BCUT2D eigenvalue weighted by Crippen LogP contribution is 2.17. The number of nitrogens with zero attached hydrogens (tertiary/aromatic N) is 2. The molecule has 0 saturated heterocycles. The van der Waals surface area contributed by atoms with Crippen molar-refractivity contribution >= 4 is 12.0 Å². The normalized spacial score (nSPS) is 12.7. The number of aromatic nitrogens is 1. The van der Waals surface area contributed by atoms with Crippen LogP contribution in [-0.2, 0) is 4.79 Å². The molecular weight excluding hydrogens is 266 g/mol. The quantitative estimate of drug-likeness (QED) is 0.826. The van der Waals surface area contributed by atoms with Crippen molar-refractivity contribution in [1.82, 2.24) is 15.2 Å². The number of furan rings is 1. The van der Waals surface area contributed by atoms with E-state index in [-0.39, 0.29) is 11.9 Å². The molecule has 0 aliphatic rings. The minimum atomic E-state index is -0.141. The molecule has 0 radical (unpaired) electrons. The maximum Gasteiger partial charge on any atom is 0.244 e. The average molecular weight is 285 g/mol. The summed E-state index contributed by atoms with van der Waals surface area (Å²) in [6, 6.07) is 7.48. The lowest BCUT2D eigenvalue weighted by molar-refractivity contribution is -0.116. The largest absolute Gasteiger partial charge is 0.468 e. The Kier molecular flexibility index (Phi) is 5.29. The van der Waals surface area contributed by atoms with Crippen molar-refractivity contribution in [2.75, 3.05) is 20.6 Å². The number of amides is 1. The predicted octanol–water partition coefficient (Wildman–Crippen LogP) is 2.11. The molecule has 0 bridgehead atoms. The van der Waals surface area contributed by atoms with Gasteiger partial charge in [0.2, 0.25) is 5.91 Å². The zero-order valence-corrected chi connectivity index (χ0v) is 12.2. The van der Waals surface area contributed by atoms with Crippen molar-refractivity contribution < 1.29 is 9.21 Å². The summed E-state index contributed by atoms with van der Waals surface area (Å²) >= 11 is 0. The Morgan fingerprint density at radius 3 is 2.90 bits per heavy atom. The van der Waals surface area contributed by atoms with E-state index in [0.717, 1.165) is 11.3 Å². The van der Waals surface area contributed by atoms with Crippen LogP contribution in [0.4, 0.5) is 0 Å². The molecule has 110 valence electrons. The average Bonchev–Trinajstić information content (AvgIpc) is 3.00. The molecule has 0 aliphatic carbocycles. The molecule has 1 N–H and O–H groups in total. The Morgan fingerprint density at radius 1 is 1.43 bits per heavy atom. The minimum absolute atomic E-state index is 0.00995. The predicted molar refractivity (Wildman–Crippen MR) is 81.4 cm³/mol. The number of hydrogen-bond donors (Lipinski definition) is 1. The summed E-state index contributed by atoms with van der Waals surface area (Å²) in [6.07, 6.45) is 8.28. The second kappa shape index (κ2) is 7.40. The number of carbonyl (C=O) groups excluding carboxylic acids is 1. The molecule has 21 heavy (non-hydrogen) atoms. The van der Waals surface area contributed by atoms with Crippen LogP contribution in [-0.4, -0.2) is 36.4 Å². The summed E-state index contributed by atoms with van der Waals surface area (Å²) in [5.41, 5.74) is 0.892. The molecule has 0 aromatic carbocycles. The molecule has 5 nitrogen and oxygen atoms in total. The SMILES string of the molecule is CN(C)C(CNC(=O)/C=C/c1cccnc1)c1ccco1. The fraction of sp³-hybridized carbons (Fsp3) is 0.250. The Bertz CT molecular complexity index is 577. The van der Waals surface area contributed by atoms with E-state index in [1.807, 2.05) is 43.3 Å². The first-order valence-corrected chi connectivity index (χ1v) is 6.72.